The Hall–Kier alpha value is -1.42. The van der Waals surface area contributed by atoms with Crippen LogP contribution in [-0.2, 0) is 6.42 Å². The minimum atomic E-state index is 0.441. The number of thiophene rings is 1. The minimum absolute atomic E-state index is 0.441. The highest BCUT2D eigenvalue weighted by Gasteiger charge is 2.02. The summed E-state index contributed by atoms with van der Waals surface area (Å²) in [6, 6.07) is 6.27. The molecule has 0 aliphatic rings. The van der Waals surface area contributed by atoms with E-state index in [-0.39, 0.29) is 0 Å². The van der Waals surface area contributed by atoms with Crippen LogP contribution < -0.4 is 5.32 Å². The standard InChI is InChI=1S/C13H17N3S/c1-10(2)12-8-13(16-9-15-12)14-6-5-11-4-3-7-17-11/h3-4,7-10H,5-6H2,1-2H3,(H,14,15,16). The third-order valence-corrected chi connectivity index (χ3v) is 3.47. The summed E-state index contributed by atoms with van der Waals surface area (Å²) in [5.74, 6) is 1.36. The van der Waals surface area contributed by atoms with Crippen LogP contribution in [0.3, 0.4) is 0 Å². The molecule has 0 saturated heterocycles. The lowest BCUT2D eigenvalue weighted by Gasteiger charge is -2.07. The van der Waals surface area contributed by atoms with E-state index in [2.05, 4.69) is 46.6 Å². The molecule has 3 nitrogen and oxygen atoms in total. The Bertz CT molecular complexity index is 451. The molecule has 0 atom stereocenters. The van der Waals surface area contributed by atoms with E-state index in [0.29, 0.717) is 5.92 Å². The molecule has 17 heavy (non-hydrogen) atoms. The molecule has 0 unspecified atom stereocenters. The van der Waals surface area contributed by atoms with Crippen molar-refractivity contribution in [1.29, 1.82) is 0 Å². The smallest absolute Gasteiger partial charge is 0.129 e. The maximum absolute atomic E-state index is 4.25. The summed E-state index contributed by atoms with van der Waals surface area (Å²) in [5.41, 5.74) is 1.08. The molecule has 2 rings (SSSR count). The third kappa shape index (κ3) is 3.53. The first-order valence-electron chi connectivity index (χ1n) is 5.84. The lowest BCUT2D eigenvalue weighted by Crippen LogP contribution is -2.06. The van der Waals surface area contributed by atoms with Crippen LogP contribution in [0, 0.1) is 0 Å². The summed E-state index contributed by atoms with van der Waals surface area (Å²) in [5, 5.41) is 5.44. The van der Waals surface area contributed by atoms with Gasteiger partial charge in [0.1, 0.15) is 12.1 Å². The molecule has 0 bridgehead atoms. The Labute approximate surface area is 106 Å². The first-order chi connectivity index (χ1) is 8.25. The molecule has 1 N–H and O–H groups in total. The van der Waals surface area contributed by atoms with Gasteiger partial charge in [-0.05, 0) is 23.8 Å². The second-order valence-electron chi connectivity index (χ2n) is 4.24. The molecule has 0 aliphatic heterocycles. The highest BCUT2D eigenvalue weighted by Crippen LogP contribution is 2.14. The summed E-state index contributed by atoms with van der Waals surface area (Å²) < 4.78 is 0. The average molecular weight is 247 g/mol. The topological polar surface area (TPSA) is 37.8 Å². The maximum Gasteiger partial charge on any atom is 0.129 e. The van der Waals surface area contributed by atoms with Crippen molar-refractivity contribution < 1.29 is 0 Å². The largest absolute Gasteiger partial charge is 0.370 e. The van der Waals surface area contributed by atoms with E-state index < -0.39 is 0 Å². The third-order valence-electron chi connectivity index (χ3n) is 2.54. The lowest BCUT2D eigenvalue weighted by atomic mass is 10.1. The fraction of sp³-hybridized carbons (Fsp3) is 0.385. The molecule has 2 aromatic heterocycles. The molecule has 0 radical (unpaired) electrons. The zero-order chi connectivity index (χ0) is 12.1. The molecule has 4 heteroatoms. The molecule has 0 aliphatic carbocycles. The number of hydrogen-bond acceptors (Lipinski definition) is 4. The molecule has 90 valence electrons. The van der Waals surface area contributed by atoms with Gasteiger partial charge in [-0.25, -0.2) is 9.97 Å². The molecule has 0 saturated carbocycles. The number of nitrogens with one attached hydrogen (secondary N) is 1. The quantitative estimate of drug-likeness (QED) is 0.880. The Morgan fingerprint density at radius 2 is 2.24 bits per heavy atom. The second kappa shape index (κ2) is 5.77. The summed E-state index contributed by atoms with van der Waals surface area (Å²) in [7, 11) is 0. The van der Waals surface area contributed by atoms with Gasteiger partial charge in [0.25, 0.3) is 0 Å². The van der Waals surface area contributed by atoms with Crippen molar-refractivity contribution in [2.75, 3.05) is 11.9 Å². The molecule has 0 aromatic carbocycles. The van der Waals surface area contributed by atoms with Crippen LogP contribution in [0.1, 0.15) is 30.3 Å². The maximum atomic E-state index is 4.25. The molecule has 0 amide bonds. The van der Waals surface area contributed by atoms with Crippen molar-refractivity contribution in [2.45, 2.75) is 26.2 Å². The lowest BCUT2D eigenvalue weighted by molar-refractivity contribution is 0.813. The van der Waals surface area contributed by atoms with Gasteiger partial charge in [-0.1, -0.05) is 19.9 Å². The van der Waals surface area contributed by atoms with Crippen molar-refractivity contribution in [1.82, 2.24) is 9.97 Å². The Kier molecular flexibility index (Phi) is 4.09. The minimum Gasteiger partial charge on any atom is -0.370 e. The zero-order valence-electron chi connectivity index (χ0n) is 10.2. The molecule has 0 spiro atoms. The van der Waals surface area contributed by atoms with Crippen LogP contribution in [0.25, 0.3) is 0 Å². The van der Waals surface area contributed by atoms with Crippen LogP contribution in [-0.4, -0.2) is 16.5 Å². The Morgan fingerprint density at radius 3 is 2.94 bits per heavy atom. The van der Waals surface area contributed by atoms with E-state index >= 15 is 0 Å². The van der Waals surface area contributed by atoms with Gasteiger partial charge in [0.05, 0.1) is 0 Å². The van der Waals surface area contributed by atoms with Gasteiger partial charge in [-0.3, -0.25) is 0 Å². The van der Waals surface area contributed by atoms with E-state index in [1.807, 2.05) is 6.07 Å². The van der Waals surface area contributed by atoms with Crippen molar-refractivity contribution in [3.8, 4) is 0 Å². The van der Waals surface area contributed by atoms with Crippen molar-refractivity contribution in [3.05, 3.63) is 40.5 Å². The fourth-order valence-corrected chi connectivity index (χ4v) is 2.26. The highest BCUT2D eigenvalue weighted by atomic mass is 32.1. The summed E-state index contributed by atoms with van der Waals surface area (Å²) >= 11 is 1.79. The van der Waals surface area contributed by atoms with Gasteiger partial charge in [0, 0.05) is 23.2 Å². The van der Waals surface area contributed by atoms with Gasteiger partial charge in [0.2, 0.25) is 0 Å². The van der Waals surface area contributed by atoms with Gasteiger partial charge < -0.3 is 5.32 Å². The van der Waals surface area contributed by atoms with Gasteiger partial charge in [0.15, 0.2) is 0 Å². The normalized spacial score (nSPS) is 10.8. The predicted octanol–water partition coefficient (Wildman–Crippen LogP) is 3.32. The first kappa shape index (κ1) is 12.0. The molecule has 0 fully saturated rings. The van der Waals surface area contributed by atoms with E-state index in [1.54, 1.807) is 17.7 Å². The molecular formula is C13H17N3S. The van der Waals surface area contributed by atoms with Crippen LogP contribution in [0.4, 0.5) is 5.82 Å². The second-order valence-corrected chi connectivity index (χ2v) is 5.27. The SMILES string of the molecule is CC(C)c1cc(NCCc2cccs2)ncn1. The summed E-state index contributed by atoms with van der Waals surface area (Å²) in [6.07, 6.45) is 2.67. The van der Waals surface area contributed by atoms with E-state index in [4.69, 9.17) is 0 Å². The van der Waals surface area contributed by atoms with E-state index in [9.17, 15) is 0 Å². The van der Waals surface area contributed by atoms with Crippen molar-refractivity contribution in [2.24, 2.45) is 0 Å². The van der Waals surface area contributed by atoms with Crippen molar-refractivity contribution >= 4 is 17.2 Å². The highest BCUT2D eigenvalue weighted by molar-refractivity contribution is 7.09. The summed E-state index contributed by atoms with van der Waals surface area (Å²) in [4.78, 5) is 9.87. The monoisotopic (exact) mass is 247 g/mol. The Morgan fingerprint density at radius 1 is 1.35 bits per heavy atom. The molecular weight excluding hydrogens is 230 g/mol. The van der Waals surface area contributed by atoms with Gasteiger partial charge in [-0.2, -0.15) is 0 Å². The molecule has 2 heterocycles. The molecule has 2 aromatic rings. The van der Waals surface area contributed by atoms with Crippen LogP contribution in [0.5, 0.6) is 0 Å². The first-order valence-corrected chi connectivity index (χ1v) is 6.72. The van der Waals surface area contributed by atoms with Gasteiger partial charge >= 0.3 is 0 Å². The number of aromatic nitrogens is 2. The van der Waals surface area contributed by atoms with Gasteiger partial charge in [-0.15, -0.1) is 11.3 Å². The summed E-state index contributed by atoms with van der Waals surface area (Å²) in [6.45, 7) is 5.19. The van der Waals surface area contributed by atoms with E-state index in [1.165, 1.54) is 4.88 Å². The number of anilines is 1. The van der Waals surface area contributed by atoms with Crippen LogP contribution in [0.15, 0.2) is 29.9 Å². The zero-order valence-corrected chi connectivity index (χ0v) is 11.0. The predicted molar refractivity (Wildman–Crippen MR) is 72.6 cm³/mol. The number of nitrogens with zero attached hydrogens (tertiary/aromatic N) is 2. The fourth-order valence-electron chi connectivity index (χ4n) is 1.55. The van der Waals surface area contributed by atoms with Crippen LogP contribution in [0.2, 0.25) is 0 Å². The van der Waals surface area contributed by atoms with E-state index in [0.717, 1.165) is 24.5 Å². The average Bonchev–Trinajstić information content (AvgIpc) is 2.82. The van der Waals surface area contributed by atoms with Crippen molar-refractivity contribution in [3.63, 3.8) is 0 Å². The van der Waals surface area contributed by atoms with Crippen LogP contribution >= 0.6 is 11.3 Å². The number of hydrogen-bond donors (Lipinski definition) is 1. The Balaban J connectivity index is 1.88. The number of rotatable bonds is 5.